The summed E-state index contributed by atoms with van der Waals surface area (Å²) in [6.07, 6.45) is 38.1. The second-order valence-corrected chi connectivity index (χ2v) is 12.9. The molecule has 244 valence electrons. The Balaban J connectivity index is 4.14. The van der Waals surface area contributed by atoms with Crippen LogP contribution in [0.3, 0.4) is 0 Å². The lowest BCUT2D eigenvalue weighted by atomic mass is 10.1. The fourth-order valence-electron chi connectivity index (χ4n) is 4.66. The lowest BCUT2D eigenvalue weighted by molar-refractivity contribution is -0.122. The summed E-state index contributed by atoms with van der Waals surface area (Å²) in [6.45, 7) is 4.42. The van der Waals surface area contributed by atoms with Crippen molar-refractivity contribution < 1.29 is 22.9 Å². The molecule has 7 heteroatoms. The van der Waals surface area contributed by atoms with E-state index in [1.807, 2.05) is 0 Å². The Kier molecular flexibility index (Phi) is 28.2. The molecule has 0 aromatic heterocycles. The molecule has 0 rings (SSSR count). The van der Waals surface area contributed by atoms with Crippen LogP contribution in [-0.2, 0) is 14.9 Å². The van der Waals surface area contributed by atoms with Crippen LogP contribution in [0.5, 0.6) is 0 Å². The molecule has 1 amide bonds. The van der Waals surface area contributed by atoms with Gasteiger partial charge < -0.3 is 10.4 Å². The van der Waals surface area contributed by atoms with Crippen LogP contribution in [0.4, 0.5) is 0 Å². The van der Waals surface area contributed by atoms with Gasteiger partial charge >= 0.3 is 0 Å². The van der Waals surface area contributed by atoms with E-state index in [1.54, 1.807) is 6.08 Å². The fraction of sp³-hybridized carbons (Fsp3) is 0.743. The van der Waals surface area contributed by atoms with Crippen LogP contribution < -0.4 is 5.32 Å². The molecule has 2 atom stereocenters. The van der Waals surface area contributed by atoms with Crippen LogP contribution in [-0.4, -0.2) is 41.9 Å². The number of hydrogen-bond donors (Lipinski definition) is 3. The highest BCUT2D eigenvalue weighted by Crippen LogP contribution is 2.10. The maximum Gasteiger partial charge on any atom is 0.267 e. The molecule has 0 aliphatic heterocycles. The molecule has 0 aliphatic rings. The van der Waals surface area contributed by atoms with Gasteiger partial charge in [-0.05, 0) is 64.2 Å². The Bertz CT molecular complexity index is 847. The Labute approximate surface area is 259 Å². The maximum absolute atomic E-state index is 12.4. The molecule has 3 N–H and O–H groups in total. The standard InChI is InChI=1S/C35H63NO5S/c1-3-5-7-9-11-13-15-16-17-18-19-20-21-22-24-26-28-30-34(37)33(32-42(39,40)41)36-35(38)31-29-27-25-23-14-12-10-8-6-4-2/h8,10,17-18,21-22,28,30,33-34,37H,3-7,9,11-16,19-20,23-27,29,31-32H2,1-2H3,(H,36,38)(H,39,40,41)/b10-8-,18-17+,22-21+,30-28+. The van der Waals surface area contributed by atoms with Crippen molar-refractivity contribution in [1.82, 2.24) is 5.32 Å². The number of aliphatic hydroxyl groups excluding tert-OH is 1. The normalized spacial score (nSPS) is 14.1. The van der Waals surface area contributed by atoms with E-state index in [-0.39, 0.29) is 12.3 Å². The smallest absolute Gasteiger partial charge is 0.267 e. The molecule has 0 fully saturated rings. The number of carbonyl (C=O) groups excluding carboxylic acids is 1. The van der Waals surface area contributed by atoms with Gasteiger partial charge in [-0.25, -0.2) is 0 Å². The zero-order valence-electron chi connectivity index (χ0n) is 26.9. The molecular formula is C35H63NO5S. The second-order valence-electron chi connectivity index (χ2n) is 11.4. The summed E-state index contributed by atoms with van der Waals surface area (Å²) < 4.78 is 32.2. The summed E-state index contributed by atoms with van der Waals surface area (Å²) >= 11 is 0. The number of nitrogens with one attached hydrogen (secondary N) is 1. The third kappa shape index (κ3) is 29.8. The average Bonchev–Trinajstić information content (AvgIpc) is 2.94. The van der Waals surface area contributed by atoms with E-state index in [1.165, 1.54) is 63.9 Å². The van der Waals surface area contributed by atoms with Crippen LogP contribution in [0.15, 0.2) is 48.6 Å². The molecule has 0 radical (unpaired) electrons. The summed E-state index contributed by atoms with van der Waals surface area (Å²) in [4.78, 5) is 12.4. The van der Waals surface area contributed by atoms with E-state index in [4.69, 9.17) is 0 Å². The van der Waals surface area contributed by atoms with E-state index in [9.17, 15) is 22.9 Å². The maximum atomic E-state index is 12.4. The molecule has 0 aromatic rings. The Morgan fingerprint density at radius 1 is 0.619 bits per heavy atom. The van der Waals surface area contributed by atoms with Gasteiger partial charge in [0.05, 0.1) is 17.9 Å². The first-order chi connectivity index (χ1) is 20.3. The minimum atomic E-state index is -4.35. The van der Waals surface area contributed by atoms with Crippen molar-refractivity contribution in [2.75, 3.05) is 5.75 Å². The molecule has 0 aromatic carbocycles. The van der Waals surface area contributed by atoms with Crippen molar-refractivity contribution >= 4 is 16.0 Å². The molecule has 0 bridgehead atoms. The van der Waals surface area contributed by atoms with E-state index in [0.29, 0.717) is 12.8 Å². The van der Waals surface area contributed by atoms with Crippen molar-refractivity contribution in [3.8, 4) is 0 Å². The van der Waals surface area contributed by atoms with Crippen LogP contribution in [0.1, 0.15) is 149 Å². The molecule has 0 saturated heterocycles. The highest BCUT2D eigenvalue weighted by atomic mass is 32.2. The van der Waals surface area contributed by atoms with Crippen LogP contribution in [0.2, 0.25) is 0 Å². The Hall–Kier alpha value is -1.70. The molecule has 0 saturated carbocycles. The van der Waals surface area contributed by atoms with Gasteiger partial charge in [0.15, 0.2) is 0 Å². The van der Waals surface area contributed by atoms with Gasteiger partial charge in [-0.15, -0.1) is 0 Å². The summed E-state index contributed by atoms with van der Waals surface area (Å²) in [6, 6.07) is -1.08. The van der Waals surface area contributed by atoms with Crippen molar-refractivity contribution in [3.05, 3.63) is 48.6 Å². The molecule has 0 aliphatic carbocycles. The number of allylic oxidation sites excluding steroid dienone is 7. The number of hydrogen-bond acceptors (Lipinski definition) is 4. The van der Waals surface area contributed by atoms with Crippen molar-refractivity contribution in [3.63, 3.8) is 0 Å². The van der Waals surface area contributed by atoms with E-state index in [0.717, 1.165) is 57.8 Å². The third-order valence-electron chi connectivity index (χ3n) is 7.19. The predicted octanol–water partition coefficient (Wildman–Crippen LogP) is 9.18. The zero-order chi connectivity index (χ0) is 31.2. The van der Waals surface area contributed by atoms with Crippen molar-refractivity contribution in [2.24, 2.45) is 0 Å². The first-order valence-corrected chi connectivity index (χ1v) is 18.4. The van der Waals surface area contributed by atoms with Gasteiger partial charge in [-0.3, -0.25) is 9.35 Å². The lowest BCUT2D eigenvalue weighted by Crippen LogP contribution is -2.46. The number of unbranched alkanes of at least 4 members (excludes halogenated alkanes) is 15. The summed E-state index contributed by atoms with van der Waals surface area (Å²) in [7, 11) is -4.35. The second kappa shape index (κ2) is 29.4. The fourth-order valence-corrected chi connectivity index (χ4v) is 5.39. The van der Waals surface area contributed by atoms with E-state index in [2.05, 4.69) is 55.6 Å². The predicted molar refractivity (Wildman–Crippen MR) is 179 cm³/mol. The zero-order valence-corrected chi connectivity index (χ0v) is 27.7. The van der Waals surface area contributed by atoms with Crippen molar-refractivity contribution in [1.29, 1.82) is 0 Å². The number of aliphatic hydroxyl groups is 1. The molecule has 6 nitrogen and oxygen atoms in total. The highest BCUT2D eigenvalue weighted by Gasteiger charge is 2.24. The summed E-state index contributed by atoms with van der Waals surface area (Å²) in [5.74, 6) is -1.03. The molecule has 0 spiro atoms. The van der Waals surface area contributed by atoms with E-state index >= 15 is 0 Å². The topological polar surface area (TPSA) is 104 Å². The Morgan fingerprint density at radius 3 is 1.60 bits per heavy atom. The van der Waals surface area contributed by atoms with Crippen LogP contribution in [0, 0.1) is 0 Å². The number of rotatable bonds is 29. The van der Waals surface area contributed by atoms with Crippen LogP contribution in [0.25, 0.3) is 0 Å². The quantitative estimate of drug-likeness (QED) is 0.0446. The largest absolute Gasteiger partial charge is 0.387 e. The van der Waals surface area contributed by atoms with Gasteiger partial charge in [0.2, 0.25) is 5.91 Å². The summed E-state index contributed by atoms with van der Waals surface area (Å²) in [5.41, 5.74) is 0. The molecular weight excluding hydrogens is 546 g/mol. The highest BCUT2D eigenvalue weighted by molar-refractivity contribution is 7.85. The SMILES string of the molecule is CCC/C=C\CCCCCCCC(=O)NC(CS(=O)(=O)O)C(O)/C=C/CC/C=C/CC/C=C/CCCCCCCCC. The number of amides is 1. The molecule has 42 heavy (non-hydrogen) atoms. The minimum absolute atomic E-state index is 0.272. The van der Waals surface area contributed by atoms with Crippen LogP contribution >= 0.6 is 0 Å². The molecule has 0 heterocycles. The van der Waals surface area contributed by atoms with Gasteiger partial charge in [-0.2, -0.15) is 8.42 Å². The number of carbonyl (C=O) groups is 1. The van der Waals surface area contributed by atoms with Gasteiger partial charge in [0.1, 0.15) is 0 Å². The van der Waals surface area contributed by atoms with E-state index < -0.39 is 28.0 Å². The summed E-state index contributed by atoms with van der Waals surface area (Å²) in [5, 5.41) is 13.1. The average molecular weight is 610 g/mol. The minimum Gasteiger partial charge on any atom is -0.387 e. The monoisotopic (exact) mass is 609 g/mol. The van der Waals surface area contributed by atoms with Gasteiger partial charge in [-0.1, -0.05) is 127 Å². The lowest BCUT2D eigenvalue weighted by Gasteiger charge is -2.21. The van der Waals surface area contributed by atoms with Gasteiger partial charge in [0.25, 0.3) is 10.1 Å². The first kappa shape index (κ1) is 40.3. The third-order valence-corrected chi connectivity index (χ3v) is 7.97. The van der Waals surface area contributed by atoms with Gasteiger partial charge in [0, 0.05) is 6.42 Å². The Morgan fingerprint density at radius 2 is 1.07 bits per heavy atom. The first-order valence-electron chi connectivity index (χ1n) is 16.8. The molecule has 2 unspecified atom stereocenters. The van der Waals surface area contributed by atoms with Crippen molar-refractivity contribution in [2.45, 2.75) is 161 Å².